The number of rotatable bonds is 3. The summed E-state index contributed by atoms with van der Waals surface area (Å²) in [7, 11) is 0. The Kier molecular flexibility index (Phi) is 6.49. The molecule has 1 N–H and O–H groups in total. The Morgan fingerprint density at radius 1 is 0.968 bits per heavy atom. The fraction of sp³-hybridized carbons (Fsp3) is 0.417. The summed E-state index contributed by atoms with van der Waals surface area (Å²) in [6.07, 6.45) is 1.31. The third-order valence-electron chi connectivity index (χ3n) is 6.28. The normalized spacial score (nSPS) is 18.5. The van der Waals surface area contributed by atoms with Crippen LogP contribution in [0.1, 0.15) is 24.0 Å². The van der Waals surface area contributed by atoms with E-state index in [0.29, 0.717) is 57.3 Å². The van der Waals surface area contributed by atoms with Crippen LogP contribution in [0.4, 0.5) is 10.5 Å². The predicted molar refractivity (Wildman–Crippen MR) is 122 cm³/mol. The number of piperazine rings is 1. The number of carbonyl (C=O) groups excluding carboxylic acids is 2. The third kappa shape index (κ3) is 4.70. The number of hydrogen-bond donors (Lipinski definition) is 1. The van der Waals surface area contributed by atoms with Crippen molar-refractivity contribution in [3.63, 3.8) is 0 Å². The van der Waals surface area contributed by atoms with E-state index in [9.17, 15) is 9.59 Å². The monoisotopic (exact) mass is 441 g/mol. The maximum atomic E-state index is 13.7. The summed E-state index contributed by atoms with van der Waals surface area (Å²) in [4.78, 5) is 30.0. The van der Waals surface area contributed by atoms with E-state index in [1.54, 1.807) is 4.90 Å². The van der Waals surface area contributed by atoms with Crippen LogP contribution in [0.5, 0.6) is 0 Å². The average molecular weight is 442 g/mol. The first-order valence-corrected chi connectivity index (χ1v) is 11.1. The van der Waals surface area contributed by atoms with Gasteiger partial charge in [0.1, 0.15) is 0 Å². The molecule has 7 heteroatoms. The number of nitrogens with one attached hydrogen (secondary N) is 1. The number of halogens is 1. The zero-order valence-electron chi connectivity index (χ0n) is 17.8. The highest BCUT2D eigenvalue weighted by Gasteiger charge is 2.44. The summed E-state index contributed by atoms with van der Waals surface area (Å²) in [6, 6.07) is 15.2. The van der Waals surface area contributed by atoms with Gasteiger partial charge in [-0.1, -0.05) is 35.9 Å². The second-order valence-corrected chi connectivity index (χ2v) is 8.72. The van der Waals surface area contributed by atoms with Crippen molar-refractivity contribution in [3.8, 4) is 0 Å². The zero-order valence-corrected chi connectivity index (χ0v) is 18.5. The van der Waals surface area contributed by atoms with E-state index < -0.39 is 5.41 Å². The molecule has 2 aromatic carbocycles. The van der Waals surface area contributed by atoms with Crippen LogP contribution in [0, 0.1) is 6.92 Å². The number of carbonyl (C=O) groups is 2. The van der Waals surface area contributed by atoms with Crippen molar-refractivity contribution in [3.05, 3.63) is 64.7 Å². The molecule has 2 fully saturated rings. The molecule has 0 atom stereocenters. The van der Waals surface area contributed by atoms with Gasteiger partial charge in [-0.05, 0) is 55.2 Å². The molecule has 2 saturated heterocycles. The predicted octanol–water partition coefficient (Wildman–Crippen LogP) is 4.07. The Labute approximate surface area is 188 Å². The number of urea groups is 1. The molecule has 2 aliphatic rings. The summed E-state index contributed by atoms with van der Waals surface area (Å²) in [5, 5.41) is 3.61. The van der Waals surface area contributed by atoms with Crippen molar-refractivity contribution in [2.75, 3.05) is 44.7 Å². The van der Waals surface area contributed by atoms with E-state index in [2.05, 4.69) is 5.32 Å². The topological polar surface area (TPSA) is 61.9 Å². The Bertz CT molecular complexity index is 933. The van der Waals surface area contributed by atoms with E-state index in [4.69, 9.17) is 16.3 Å². The van der Waals surface area contributed by atoms with E-state index in [1.165, 1.54) is 0 Å². The van der Waals surface area contributed by atoms with E-state index in [0.717, 1.165) is 16.8 Å². The molecule has 2 aliphatic heterocycles. The minimum Gasteiger partial charge on any atom is -0.381 e. The molecular formula is C24H28ClN3O3. The van der Waals surface area contributed by atoms with E-state index in [1.807, 2.05) is 60.4 Å². The van der Waals surface area contributed by atoms with Crippen LogP contribution in [0.2, 0.25) is 5.02 Å². The van der Waals surface area contributed by atoms with Crippen LogP contribution in [0.25, 0.3) is 0 Å². The van der Waals surface area contributed by atoms with Gasteiger partial charge in [0.25, 0.3) is 0 Å². The SMILES string of the molecule is Cc1cccc(NC(=O)N2CCN(C(=O)C3(c4ccc(Cl)cc4)CCOCC3)CC2)c1. The average Bonchev–Trinajstić information content (AvgIpc) is 2.79. The number of ether oxygens (including phenoxy) is 1. The van der Waals surface area contributed by atoms with Gasteiger partial charge in [-0.15, -0.1) is 0 Å². The minimum atomic E-state index is -0.588. The molecule has 0 aromatic heterocycles. The molecule has 0 spiro atoms. The van der Waals surface area contributed by atoms with Gasteiger partial charge in [-0.3, -0.25) is 4.79 Å². The van der Waals surface area contributed by atoms with Crippen molar-refractivity contribution in [2.45, 2.75) is 25.2 Å². The highest BCUT2D eigenvalue weighted by Crippen LogP contribution is 2.37. The smallest absolute Gasteiger partial charge is 0.321 e. The standard InChI is InChI=1S/C24H28ClN3O3/c1-18-3-2-4-21(17-18)26-23(30)28-13-11-27(12-14-28)22(29)24(9-15-31-16-10-24)19-5-7-20(25)8-6-19/h2-8,17H,9-16H2,1H3,(H,26,30). The summed E-state index contributed by atoms with van der Waals surface area (Å²) < 4.78 is 5.56. The zero-order chi connectivity index (χ0) is 21.8. The minimum absolute atomic E-state index is 0.122. The molecule has 164 valence electrons. The van der Waals surface area contributed by atoms with Gasteiger partial charge in [-0.2, -0.15) is 0 Å². The van der Waals surface area contributed by atoms with Gasteiger partial charge in [0, 0.05) is 50.1 Å². The summed E-state index contributed by atoms with van der Waals surface area (Å²) in [5.41, 5.74) is 2.28. The maximum absolute atomic E-state index is 13.7. The number of hydrogen-bond acceptors (Lipinski definition) is 3. The largest absolute Gasteiger partial charge is 0.381 e. The van der Waals surface area contributed by atoms with Crippen molar-refractivity contribution < 1.29 is 14.3 Å². The molecule has 0 radical (unpaired) electrons. The van der Waals surface area contributed by atoms with E-state index >= 15 is 0 Å². The fourth-order valence-corrected chi connectivity index (χ4v) is 4.58. The maximum Gasteiger partial charge on any atom is 0.321 e. The van der Waals surface area contributed by atoms with Crippen molar-refractivity contribution >= 4 is 29.2 Å². The molecule has 0 bridgehead atoms. The molecule has 6 nitrogen and oxygen atoms in total. The fourth-order valence-electron chi connectivity index (χ4n) is 4.46. The Morgan fingerprint density at radius 2 is 1.61 bits per heavy atom. The summed E-state index contributed by atoms with van der Waals surface area (Å²) >= 11 is 6.07. The van der Waals surface area contributed by atoms with Crippen molar-refractivity contribution in [2.24, 2.45) is 0 Å². The van der Waals surface area contributed by atoms with Crippen LogP contribution in [-0.2, 0) is 14.9 Å². The summed E-state index contributed by atoms with van der Waals surface area (Å²) in [6.45, 7) is 5.19. The first kappa shape index (κ1) is 21.7. The van der Waals surface area contributed by atoms with Gasteiger partial charge in [-0.25, -0.2) is 4.79 Å². The van der Waals surface area contributed by atoms with Crippen LogP contribution in [0.15, 0.2) is 48.5 Å². The second-order valence-electron chi connectivity index (χ2n) is 8.28. The van der Waals surface area contributed by atoms with E-state index in [-0.39, 0.29) is 11.9 Å². The van der Waals surface area contributed by atoms with Gasteiger partial charge in [0.15, 0.2) is 0 Å². The number of anilines is 1. The number of aryl methyl sites for hydroxylation is 1. The lowest BCUT2D eigenvalue weighted by Gasteiger charge is -2.43. The highest BCUT2D eigenvalue weighted by atomic mass is 35.5. The van der Waals surface area contributed by atoms with Gasteiger partial charge in [0.2, 0.25) is 5.91 Å². The Morgan fingerprint density at radius 3 is 2.26 bits per heavy atom. The lowest BCUT2D eigenvalue weighted by molar-refractivity contribution is -0.142. The molecule has 2 aromatic rings. The van der Waals surface area contributed by atoms with Crippen LogP contribution in [-0.4, -0.2) is 61.1 Å². The van der Waals surface area contributed by atoms with Gasteiger partial charge in [0.05, 0.1) is 5.41 Å². The third-order valence-corrected chi connectivity index (χ3v) is 6.53. The quantitative estimate of drug-likeness (QED) is 0.780. The Hall–Kier alpha value is -2.57. The van der Waals surface area contributed by atoms with Crippen LogP contribution < -0.4 is 5.32 Å². The highest BCUT2D eigenvalue weighted by molar-refractivity contribution is 6.30. The molecule has 0 saturated carbocycles. The lowest BCUT2D eigenvalue weighted by Crippen LogP contribution is -2.57. The second kappa shape index (κ2) is 9.28. The first-order valence-electron chi connectivity index (χ1n) is 10.7. The molecule has 0 unspecified atom stereocenters. The molecule has 2 heterocycles. The molecule has 3 amide bonds. The molecule has 0 aliphatic carbocycles. The van der Waals surface area contributed by atoms with Crippen molar-refractivity contribution in [1.29, 1.82) is 0 Å². The van der Waals surface area contributed by atoms with Crippen molar-refractivity contribution in [1.82, 2.24) is 9.80 Å². The first-order chi connectivity index (χ1) is 15.0. The molecule has 4 rings (SSSR count). The number of nitrogens with zero attached hydrogens (tertiary/aromatic N) is 2. The molecular weight excluding hydrogens is 414 g/mol. The van der Waals surface area contributed by atoms with Crippen LogP contribution >= 0.6 is 11.6 Å². The van der Waals surface area contributed by atoms with Crippen LogP contribution in [0.3, 0.4) is 0 Å². The summed E-state index contributed by atoms with van der Waals surface area (Å²) in [5.74, 6) is 0.122. The number of amides is 3. The number of benzene rings is 2. The van der Waals surface area contributed by atoms with Gasteiger partial charge >= 0.3 is 6.03 Å². The lowest BCUT2D eigenvalue weighted by atomic mass is 9.73. The Balaban J connectivity index is 1.42. The van der Waals surface area contributed by atoms with Gasteiger partial charge < -0.3 is 19.9 Å². The molecule has 31 heavy (non-hydrogen) atoms.